The summed E-state index contributed by atoms with van der Waals surface area (Å²) in [6, 6.07) is 23.5. The van der Waals surface area contributed by atoms with E-state index in [4.69, 9.17) is 14.5 Å². The number of hydrogen-bond donors (Lipinski definition) is 3. The lowest BCUT2D eigenvalue weighted by atomic mass is 9.94. The molecular formula is C56H60FN9O7. The average Bonchev–Trinajstić information content (AvgIpc) is 4.19. The average molecular weight is 990 g/mol. The van der Waals surface area contributed by atoms with E-state index in [1.807, 2.05) is 24.3 Å². The number of nitrogens with one attached hydrogen (secondary N) is 3. The van der Waals surface area contributed by atoms with E-state index in [2.05, 4.69) is 48.2 Å². The number of halogens is 1. The number of nitrogens with zero attached hydrogens (tertiary/aromatic N) is 6. The molecule has 5 aromatic rings. The lowest BCUT2D eigenvalue weighted by molar-refractivity contribution is -0.131. The number of amides is 5. The van der Waals surface area contributed by atoms with Gasteiger partial charge in [-0.1, -0.05) is 12.6 Å². The maximum atomic E-state index is 13.8. The van der Waals surface area contributed by atoms with Crippen molar-refractivity contribution in [2.75, 3.05) is 86.4 Å². The van der Waals surface area contributed by atoms with Gasteiger partial charge in [0.1, 0.15) is 34.5 Å². The van der Waals surface area contributed by atoms with Gasteiger partial charge in [0.05, 0.1) is 35.1 Å². The van der Waals surface area contributed by atoms with Gasteiger partial charge < -0.3 is 40.1 Å². The monoisotopic (exact) mass is 989 g/mol. The van der Waals surface area contributed by atoms with Crippen LogP contribution in [0.5, 0.6) is 17.2 Å². The highest BCUT2D eigenvalue weighted by Crippen LogP contribution is 2.48. The Morgan fingerprint density at radius 3 is 2.10 bits per heavy atom. The quantitative estimate of drug-likeness (QED) is 0.0790. The smallest absolute Gasteiger partial charge is 0.264 e. The van der Waals surface area contributed by atoms with Gasteiger partial charge >= 0.3 is 0 Å². The summed E-state index contributed by atoms with van der Waals surface area (Å²) in [6.45, 7) is 12.2. The van der Waals surface area contributed by atoms with Gasteiger partial charge in [-0.25, -0.2) is 4.39 Å². The molecule has 1 atom stereocenters. The number of hydrogen-bond acceptors (Lipinski definition) is 12. The molecule has 0 radical (unpaired) electrons. The fourth-order valence-corrected chi connectivity index (χ4v) is 11.4. The van der Waals surface area contributed by atoms with Crippen LogP contribution >= 0.6 is 0 Å². The largest absolute Gasteiger partial charge is 0.495 e. The van der Waals surface area contributed by atoms with E-state index in [1.165, 1.54) is 24.3 Å². The lowest BCUT2D eigenvalue weighted by Gasteiger charge is -2.44. The maximum Gasteiger partial charge on any atom is 0.264 e. The summed E-state index contributed by atoms with van der Waals surface area (Å²) in [5.41, 5.74) is 3.77. The number of anilines is 4. The van der Waals surface area contributed by atoms with Gasteiger partial charge in [0.15, 0.2) is 0 Å². The molecule has 0 bridgehead atoms. The van der Waals surface area contributed by atoms with Crippen LogP contribution in [-0.4, -0.2) is 127 Å². The molecule has 73 heavy (non-hydrogen) atoms. The van der Waals surface area contributed by atoms with Crippen LogP contribution in [0.1, 0.15) is 72.1 Å². The summed E-state index contributed by atoms with van der Waals surface area (Å²) in [6.07, 6.45) is 7.91. The second-order valence-electron chi connectivity index (χ2n) is 20.3. The van der Waals surface area contributed by atoms with Crippen molar-refractivity contribution in [3.05, 3.63) is 120 Å². The van der Waals surface area contributed by atoms with Crippen LogP contribution in [0.25, 0.3) is 10.9 Å². The standard InChI is InChI=1S/C56H60FN9O7/c1-35-6-15-46(51(67)59-35)66-52(68)42-4-3-5-45(50(42)53(66)69)65-30-28-63(29-31-65)40-19-24-62(25-20-40)34-36-17-26-64(27-18-36)47-33-44-43(32-49(47)72-2)48(16-23-58-44)73-41-13-11-39(12-14-41)61-55(71)56(21-22-56)54(70)60-38-9-7-37(57)8-10-38/h3-5,7-14,16,23,32-33,36,40,46H,1,6,15,17-22,24-31,34H2,2H3,(H,59,67)(H,60,70)(H,61,71). The SMILES string of the molecule is C=C1CCC(N2C(=O)c3cccc(N4CCN(C5CCN(CC6CCN(c7cc8nccc(Oc9ccc(NC(=O)C%10(C(=O)Nc%11ccc(F)cc%11)CC%10)cc9)c8cc7OC)CC6)CC5)CC4)c3C2=O)C(=O)N1. The zero-order valence-corrected chi connectivity index (χ0v) is 41.0. The molecule has 3 N–H and O–H groups in total. The predicted molar refractivity (Wildman–Crippen MR) is 276 cm³/mol. The third kappa shape index (κ3) is 9.59. The summed E-state index contributed by atoms with van der Waals surface area (Å²) in [5.74, 6) is 0.184. The van der Waals surface area contributed by atoms with Gasteiger partial charge in [-0.15, -0.1) is 0 Å². The first-order chi connectivity index (χ1) is 35.4. The molecule has 6 aliphatic rings. The van der Waals surface area contributed by atoms with Crippen LogP contribution in [0.3, 0.4) is 0 Å². The van der Waals surface area contributed by atoms with Crippen molar-refractivity contribution in [2.24, 2.45) is 11.3 Å². The Labute approximate surface area is 423 Å². The summed E-state index contributed by atoms with van der Waals surface area (Å²) < 4.78 is 25.7. The van der Waals surface area contributed by atoms with E-state index in [0.29, 0.717) is 77.3 Å². The minimum Gasteiger partial charge on any atom is -0.495 e. The highest BCUT2D eigenvalue weighted by molar-refractivity contribution is 6.25. The molecule has 1 saturated carbocycles. The van der Waals surface area contributed by atoms with Crippen LogP contribution in [0.15, 0.2) is 103 Å². The predicted octanol–water partition coefficient (Wildman–Crippen LogP) is 7.42. The number of benzene rings is 4. The van der Waals surface area contributed by atoms with Crippen LogP contribution in [0.2, 0.25) is 0 Å². The molecule has 378 valence electrons. The number of methoxy groups -OCH3 is 1. The number of ether oxygens (including phenoxy) is 2. The van der Waals surface area contributed by atoms with Crippen molar-refractivity contribution in [2.45, 2.75) is 63.5 Å². The lowest BCUT2D eigenvalue weighted by Crippen LogP contribution is -2.54. The van der Waals surface area contributed by atoms with Crippen molar-refractivity contribution in [1.29, 1.82) is 0 Å². The number of aromatic nitrogens is 1. The molecule has 17 heteroatoms. The first kappa shape index (κ1) is 47.9. The van der Waals surface area contributed by atoms with Crippen molar-refractivity contribution in [3.8, 4) is 17.2 Å². The number of piperazine rings is 1. The van der Waals surface area contributed by atoms with Gasteiger partial charge in [-0.2, -0.15) is 0 Å². The third-order valence-electron chi connectivity index (χ3n) is 15.8. The zero-order chi connectivity index (χ0) is 50.4. The van der Waals surface area contributed by atoms with Crippen molar-refractivity contribution in [1.82, 2.24) is 25.0 Å². The van der Waals surface area contributed by atoms with Crippen molar-refractivity contribution < 1.29 is 37.8 Å². The Kier molecular flexibility index (Phi) is 13.1. The van der Waals surface area contributed by atoms with E-state index in [9.17, 15) is 28.4 Å². The van der Waals surface area contributed by atoms with Crippen LogP contribution in [0, 0.1) is 17.2 Å². The van der Waals surface area contributed by atoms with Crippen LogP contribution in [-0.2, 0) is 14.4 Å². The number of likely N-dealkylation sites (tertiary alicyclic amines) is 1. The Morgan fingerprint density at radius 2 is 1.44 bits per heavy atom. The Hall–Kier alpha value is -7.37. The molecule has 1 unspecified atom stereocenters. The first-order valence-corrected chi connectivity index (χ1v) is 25.5. The molecule has 5 aliphatic heterocycles. The normalized spacial score (nSPS) is 20.7. The number of carbonyl (C=O) groups excluding carboxylic acids is 5. The van der Waals surface area contributed by atoms with E-state index < -0.39 is 35.0 Å². The van der Waals surface area contributed by atoms with Gasteiger partial charge in [0.25, 0.3) is 11.8 Å². The second kappa shape index (κ2) is 19.9. The topological polar surface area (TPSA) is 169 Å². The summed E-state index contributed by atoms with van der Waals surface area (Å²) in [7, 11) is 1.69. The van der Waals surface area contributed by atoms with Crippen molar-refractivity contribution >= 4 is 63.2 Å². The highest BCUT2D eigenvalue weighted by atomic mass is 19.1. The van der Waals surface area contributed by atoms with E-state index in [1.54, 1.807) is 43.6 Å². The fourth-order valence-electron chi connectivity index (χ4n) is 11.4. The zero-order valence-electron chi connectivity index (χ0n) is 41.0. The number of piperidine rings is 3. The molecule has 0 spiro atoms. The minimum absolute atomic E-state index is 0.355. The summed E-state index contributed by atoms with van der Waals surface area (Å²) in [4.78, 5) is 82.1. The number of imide groups is 1. The number of allylic oxidation sites excluding steroid dienone is 1. The molecule has 11 rings (SSSR count). The van der Waals surface area contributed by atoms with Crippen LogP contribution < -0.4 is 35.2 Å². The Balaban J connectivity index is 0.643. The number of carbonyl (C=O) groups is 5. The molecule has 4 saturated heterocycles. The number of rotatable bonds is 13. The van der Waals surface area contributed by atoms with Gasteiger partial charge in [0.2, 0.25) is 17.7 Å². The van der Waals surface area contributed by atoms with Crippen LogP contribution in [0.4, 0.5) is 27.1 Å². The molecule has 16 nitrogen and oxygen atoms in total. The summed E-state index contributed by atoms with van der Waals surface area (Å²) in [5, 5.41) is 9.14. The number of pyridine rings is 1. The van der Waals surface area contributed by atoms with Crippen molar-refractivity contribution in [3.63, 3.8) is 0 Å². The number of fused-ring (bicyclic) bond motifs is 2. The summed E-state index contributed by atoms with van der Waals surface area (Å²) >= 11 is 0. The molecule has 1 aliphatic carbocycles. The van der Waals surface area contributed by atoms with Gasteiger partial charge in [0, 0.05) is 80.5 Å². The molecule has 6 heterocycles. The van der Waals surface area contributed by atoms with E-state index in [0.717, 1.165) is 118 Å². The Morgan fingerprint density at radius 1 is 0.767 bits per heavy atom. The maximum absolute atomic E-state index is 13.8. The fraction of sp³-hybridized carbons (Fsp3) is 0.393. The van der Waals surface area contributed by atoms with Gasteiger partial charge in [-0.3, -0.25) is 38.8 Å². The Bertz CT molecular complexity index is 2980. The molecule has 5 amide bonds. The van der Waals surface area contributed by atoms with E-state index in [-0.39, 0.29) is 11.8 Å². The molecule has 5 fully saturated rings. The van der Waals surface area contributed by atoms with Gasteiger partial charge in [-0.05, 0) is 149 Å². The molecule has 4 aromatic carbocycles. The third-order valence-corrected chi connectivity index (χ3v) is 15.8. The first-order valence-electron chi connectivity index (χ1n) is 25.5. The highest BCUT2D eigenvalue weighted by Gasteiger charge is 2.56. The van der Waals surface area contributed by atoms with E-state index >= 15 is 0 Å². The molecular weight excluding hydrogens is 930 g/mol. The second-order valence-corrected chi connectivity index (χ2v) is 20.3. The molecule has 1 aromatic heterocycles. The minimum atomic E-state index is -1.17.